The fourth-order valence-corrected chi connectivity index (χ4v) is 2.80. The lowest BCUT2D eigenvalue weighted by Crippen LogP contribution is -2.40. The number of benzene rings is 1. The summed E-state index contributed by atoms with van der Waals surface area (Å²) >= 11 is 5.98. The molecule has 7 nitrogen and oxygen atoms in total. The van der Waals surface area contributed by atoms with Gasteiger partial charge in [0.1, 0.15) is 12.2 Å². The maximum Gasteiger partial charge on any atom is 0.194 e. The summed E-state index contributed by atoms with van der Waals surface area (Å²) in [6, 6.07) is 7.88. The van der Waals surface area contributed by atoms with E-state index in [9.17, 15) is 0 Å². The van der Waals surface area contributed by atoms with Crippen LogP contribution in [-0.4, -0.2) is 59.5 Å². The number of aliphatic imine (C=N–C) groups is 1. The summed E-state index contributed by atoms with van der Waals surface area (Å²) in [5, 5.41) is 12.3. The summed E-state index contributed by atoms with van der Waals surface area (Å²) in [4.78, 5) is 6.84. The van der Waals surface area contributed by atoms with Crippen molar-refractivity contribution in [1.82, 2.24) is 25.0 Å². The molecule has 0 aliphatic carbocycles. The Morgan fingerprint density at radius 3 is 2.81 bits per heavy atom. The molecule has 0 spiro atoms. The highest BCUT2D eigenvalue weighted by molar-refractivity contribution is 6.30. The first-order valence-electron chi connectivity index (χ1n) is 9.23. The molecule has 148 valence electrons. The summed E-state index contributed by atoms with van der Waals surface area (Å²) in [7, 11) is 3.74. The van der Waals surface area contributed by atoms with Gasteiger partial charge in [-0.2, -0.15) is 0 Å². The Labute approximate surface area is 166 Å². The van der Waals surface area contributed by atoms with Gasteiger partial charge in [-0.1, -0.05) is 30.7 Å². The van der Waals surface area contributed by atoms with E-state index >= 15 is 0 Å². The van der Waals surface area contributed by atoms with Crippen molar-refractivity contribution in [1.29, 1.82) is 0 Å². The van der Waals surface area contributed by atoms with Crippen molar-refractivity contribution in [3.63, 3.8) is 0 Å². The molecule has 0 amide bonds. The van der Waals surface area contributed by atoms with Crippen molar-refractivity contribution in [2.24, 2.45) is 4.99 Å². The number of guanidine groups is 1. The van der Waals surface area contributed by atoms with Gasteiger partial charge in [-0.25, -0.2) is 0 Å². The maximum absolute atomic E-state index is 5.98. The first-order valence-corrected chi connectivity index (χ1v) is 9.61. The molecule has 8 heteroatoms. The van der Waals surface area contributed by atoms with Crippen LogP contribution < -0.4 is 5.32 Å². The summed E-state index contributed by atoms with van der Waals surface area (Å²) in [6.45, 7) is 5.80. The third-order valence-corrected chi connectivity index (χ3v) is 4.36. The molecular formula is C19H29ClN6O. The Morgan fingerprint density at radius 2 is 2.11 bits per heavy atom. The molecular weight excluding hydrogens is 364 g/mol. The number of aromatic nitrogens is 3. The van der Waals surface area contributed by atoms with Gasteiger partial charge in [-0.3, -0.25) is 4.99 Å². The van der Waals surface area contributed by atoms with Crippen molar-refractivity contribution in [3.8, 4) is 0 Å². The average molecular weight is 393 g/mol. The van der Waals surface area contributed by atoms with Crippen LogP contribution in [0.25, 0.3) is 0 Å². The molecule has 2 rings (SSSR count). The predicted molar refractivity (Wildman–Crippen MR) is 109 cm³/mol. The number of ether oxygens (including phenoxy) is 1. The summed E-state index contributed by atoms with van der Waals surface area (Å²) in [6.07, 6.45) is 3.53. The van der Waals surface area contributed by atoms with E-state index in [2.05, 4.69) is 31.9 Å². The van der Waals surface area contributed by atoms with E-state index in [-0.39, 0.29) is 0 Å². The second-order valence-corrected chi connectivity index (χ2v) is 6.69. The lowest BCUT2D eigenvalue weighted by Gasteiger charge is -2.23. The van der Waals surface area contributed by atoms with Crippen molar-refractivity contribution < 1.29 is 4.74 Å². The second kappa shape index (κ2) is 11.6. The van der Waals surface area contributed by atoms with Crippen molar-refractivity contribution >= 4 is 17.6 Å². The Morgan fingerprint density at radius 1 is 1.33 bits per heavy atom. The topological polar surface area (TPSA) is 67.6 Å². The Balaban J connectivity index is 1.95. The van der Waals surface area contributed by atoms with Crippen molar-refractivity contribution in [2.45, 2.75) is 32.9 Å². The number of nitrogens with one attached hydrogen (secondary N) is 1. The zero-order valence-electron chi connectivity index (χ0n) is 16.4. The van der Waals surface area contributed by atoms with Gasteiger partial charge in [0, 0.05) is 58.4 Å². The number of halogens is 1. The molecule has 0 fully saturated rings. The van der Waals surface area contributed by atoms with E-state index in [1.165, 1.54) is 5.56 Å². The van der Waals surface area contributed by atoms with Gasteiger partial charge >= 0.3 is 0 Å². The van der Waals surface area contributed by atoms with E-state index in [4.69, 9.17) is 21.3 Å². The Kier molecular flexibility index (Phi) is 9.07. The molecule has 0 saturated heterocycles. The highest BCUT2D eigenvalue weighted by atomic mass is 35.5. The van der Waals surface area contributed by atoms with Crippen LogP contribution in [0.1, 0.15) is 24.7 Å². The minimum Gasteiger partial charge on any atom is -0.385 e. The zero-order valence-corrected chi connectivity index (χ0v) is 17.1. The summed E-state index contributed by atoms with van der Waals surface area (Å²) < 4.78 is 7.18. The van der Waals surface area contributed by atoms with E-state index < -0.39 is 0 Å². The zero-order chi connectivity index (χ0) is 19.5. The van der Waals surface area contributed by atoms with Gasteiger partial charge in [0.15, 0.2) is 5.96 Å². The van der Waals surface area contributed by atoms with Crippen molar-refractivity contribution in [3.05, 3.63) is 47.0 Å². The fourth-order valence-electron chi connectivity index (χ4n) is 2.67. The van der Waals surface area contributed by atoms with Gasteiger partial charge in [-0.15, -0.1) is 10.2 Å². The van der Waals surface area contributed by atoms with Crippen LogP contribution in [-0.2, 0) is 24.2 Å². The van der Waals surface area contributed by atoms with E-state index in [0.717, 1.165) is 49.3 Å². The molecule has 0 saturated carbocycles. The van der Waals surface area contributed by atoms with Gasteiger partial charge in [0.25, 0.3) is 0 Å². The van der Waals surface area contributed by atoms with Crippen LogP contribution in [0.3, 0.4) is 0 Å². The fraction of sp³-hybridized carbons (Fsp3) is 0.526. The standard InChI is InChI=1S/C19H29ClN6O/c1-4-18-24-23-15-26(18)12-11-22-19(21-10-5-13-27-3)25(2)14-16-6-8-17(20)9-7-16/h6-9,15H,4-5,10-14H2,1-3H3,(H,21,22). The number of rotatable bonds is 10. The normalized spacial score (nSPS) is 11.6. The molecule has 0 bridgehead atoms. The highest BCUT2D eigenvalue weighted by Crippen LogP contribution is 2.11. The monoisotopic (exact) mass is 392 g/mol. The minimum absolute atomic E-state index is 0.707. The Hall–Kier alpha value is -2.12. The molecule has 1 aromatic heterocycles. The molecule has 27 heavy (non-hydrogen) atoms. The number of hydrogen-bond donors (Lipinski definition) is 1. The molecule has 0 atom stereocenters. The molecule has 0 aliphatic heterocycles. The average Bonchev–Trinajstić information content (AvgIpc) is 3.13. The lowest BCUT2D eigenvalue weighted by molar-refractivity contribution is 0.197. The van der Waals surface area contributed by atoms with Crippen LogP contribution in [0, 0.1) is 0 Å². The molecule has 1 N–H and O–H groups in total. The van der Waals surface area contributed by atoms with Crippen LogP contribution >= 0.6 is 11.6 Å². The van der Waals surface area contributed by atoms with Crippen LogP contribution in [0.15, 0.2) is 35.6 Å². The lowest BCUT2D eigenvalue weighted by atomic mass is 10.2. The molecule has 0 radical (unpaired) electrons. The van der Waals surface area contributed by atoms with Crippen LogP contribution in [0.2, 0.25) is 5.02 Å². The van der Waals surface area contributed by atoms with Crippen LogP contribution in [0.5, 0.6) is 0 Å². The number of nitrogens with zero attached hydrogens (tertiary/aromatic N) is 5. The Bertz CT molecular complexity index is 700. The van der Waals surface area contributed by atoms with Gasteiger partial charge in [-0.05, 0) is 24.1 Å². The smallest absolute Gasteiger partial charge is 0.194 e. The third kappa shape index (κ3) is 7.19. The van der Waals surface area contributed by atoms with E-state index in [0.29, 0.717) is 13.2 Å². The SMILES string of the molecule is CCc1nncn1CCNC(=NCCCOC)N(C)Cc1ccc(Cl)cc1. The number of hydrogen-bond acceptors (Lipinski definition) is 4. The van der Waals surface area contributed by atoms with Gasteiger partial charge in [0.05, 0.1) is 0 Å². The molecule has 2 aromatic rings. The molecule has 0 aliphatic rings. The number of methoxy groups -OCH3 is 1. The molecule has 1 aromatic carbocycles. The van der Waals surface area contributed by atoms with E-state index in [1.807, 2.05) is 31.3 Å². The number of aryl methyl sites for hydroxylation is 1. The summed E-state index contributed by atoms with van der Waals surface area (Å²) in [5.41, 5.74) is 1.18. The largest absolute Gasteiger partial charge is 0.385 e. The predicted octanol–water partition coefficient (Wildman–Crippen LogP) is 2.61. The second-order valence-electron chi connectivity index (χ2n) is 6.26. The van der Waals surface area contributed by atoms with Gasteiger partial charge in [0.2, 0.25) is 0 Å². The highest BCUT2D eigenvalue weighted by Gasteiger charge is 2.08. The van der Waals surface area contributed by atoms with E-state index in [1.54, 1.807) is 13.4 Å². The molecule has 1 heterocycles. The first-order chi connectivity index (χ1) is 13.1. The minimum atomic E-state index is 0.707. The summed E-state index contributed by atoms with van der Waals surface area (Å²) in [5.74, 6) is 1.86. The van der Waals surface area contributed by atoms with Gasteiger partial charge < -0.3 is 19.5 Å². The first kappa shape index (κ1) is 21.2. The quantitative estimate of drug-likeness (QED) is 0.382. The van der Waals surface area contributed by atoms with Crippen LogP contribution in [0.4, 0.5) is 0 Å². The molecule has 0 unspecified atom stereocenters. The van der Waals surface area contributed by atoms with Crippen molar-refractivity contribution in [2.75, 3.05) is 33.9 Å². The maximum atomic E-state index is 5.98. The third-order valence-electron chi connectivity index (χ3n) is 4.11.